The maximum atomic E-state index is 11.7. The zero-order valence-electron chi connectivity index (χ0n) is 10.3. The molecule has 0 aromatic carbocycles. The third-order valence-corrected chi connectivity index (χ3v) is 2.81. The van der Waals surface area contributed by atoms with Crippen molar-refractivity contribution in [2.75, 3.05) is 13.7 Å². The van der Waals surface area contributed by atoms with Gasteiger partial charge in [-0.2, -0.15) is 0 Å². The number of pyridine rings is 1. The van der Waals surface area contributed by atoms with Gasteiger partial charge in [0.2, 0.25) is 11.8 Å². The smallest absolute Gasteiger partial charge is 0.237 e. The lowest BCUT2D eigenvalue weighted by Crippen LogP contribution is -2.40. The number of hydrogen-bond acceptors (Lipinski definition) is 4. The van der Waals surface area contributed by atoms with Crippen LogP contribution in [0, 0.1) is 0 Å². The number of amides is 1. The van der Waals surface area contributed by atoms with Crippen LogP contribution in [-0.4, -0.2) is 30.6 Å². The third kappa shape index (κ3) is 3.85. The van der Waals surface area contributed by atoms with Gasteiger partial charge in [-0.1, -0.05) is 6.07 Å². The molecule has 1 aromatic rings. The van der Waals surface area contributed by atoms with Gasteiger partial charge in [0.1, 0.15) is 0 Å². The second kappa shape index (κ2) is 7.18. The summed E-state index contributed by atoms with van der Waals surface area (Å²) in [4.78, 5) is 16.0. The fourth-order valence-corrected chi connectivity index (χ4v) is 1.88. The summed E-state index contributed by atoms with van der Waals surface area (Å²) in [5.41, 5.74) is 0.802. The first-order valence-electron chi connectivity index (χ1n) is 5.80. The van der Waals surface area contributed by atoms with E-state index in [9.17, 15) is 4.79 Å². The molecule has 1 unspecified atom stereocenters. The van der Waals surface area contributed by atoms with Crippen LogP contribution in [0.5, 0.6) is 5.88 Å². The first-order valence-corrected chi connectivity index (χ1v) is 5.80. The average molecular weight is 272 g/mol. The molecule has 6 heteroatoms. The Hall–Kier alpha value is -1.33. The number of carbonyl (C=O) groups is 1. The minimum Gasteiger partial charge on any atom is -0.481 e. The molecule has 0 radical (unpaired) electrons. The SMILES string of the molecule is COc1cccc(CNC(=O)C2CCCN2)n1.Cl. The maximum Gasteiger partial charge on any atom is 0.237 e. The molecule has 1 aromatic heterocycles. The number of halogens is 1. The number of nitrogens with zero attached hydrogens (tertiary/aromatic N) is 1. The van der Waals surface area contributed by atoms with E-state index in [-0.39, 0.29) is 24.4 Å². The highest BCUT2D eigenvalue weighted by molar-refractivity contribution is 5.85. The molecule has 1 saturated heterocycles. The van der Waals surface area contributed by atoms with Gasteiger partial charge in [-0.25, -0.2) is 4.98 Å². The third-order valence-electron chi connectivity index (χ3n) is 2.81. The van der Waals surface area contributed by atoms with Crippen LogP contribution in [0.15, 0.2) is 18.2 Å². The fourth-order valence-electron chi connectivity index (χ4n) is 1.88. The fraction of sp³-hybridized carbons (Fsp3) is 0.500. The van der Waals surface area contributed by atoms with Crippen molar-refractivity contribution in [3.8, 4) is 5.88 Å². The summed E-state index contributed by atoms with van der Waals surface area (Å²) < 4.78 is 5.03. The molecule has 1 atom stereocenters. The van der Waals surface area contributed by atoms with Crippen LogP contribution in [-0.2, 0) is 11.3 Å². The van der Waals surface area contributed by atoms with E-state index in [1.54, 1.807) is 13.2 Å². The number of rotatable bonds is 4. The van der Waals surface area contributed by atoms with Gasteiger partial charge < -0.3 is 15.4 Å². The van der Waals surface area contributed by atoms with Gasteiger partial charge in [0.15, 0.2) is 0 Å². The molecule has 2 N–H and O–H groups in total. The van der Waals surface area contributed by atoms with Crippen LogP contribution < -0.4 is 15.4 Å². The minimum absolute atomic E-state index is 0. The number of aromatic nitrogens is 1. The molecular weight excluding hydrogens is 254 g/mol. The molecule has 1 aliphatic heterocycles. The number of carbonyl (C=O) groups excluding carboxylic acids is 1. The van der Waals surface area contributed by atoms with E-state index < -0.39 is 0 Å². The Balaban J connectivity index is 0.00000162. The molecule has 2 rings (SSSR count). The predicted molar refractivity (Wildman–Crippen MR) is 70.9 cm³/mol. The monoisotopic (exact) mass is 271 g/mol. The second-order valence-electron chi connectivity index (χ2n) is 4.04. The Morgan fingerprint density at radius 1 is 1.61 bits per heavy atom. The lowest BCUT2D eigenvalue weighted by molar-refractivity contribution is -0.122. The normalized spacial score (nSPS) is 17.9. The molecule has 1 amide bonds. The van der Waals surface area contributed by atoms with Crippen LogP contribution in [0.1, 0.15) is 18.5 Å². The first kappa shape index (κ1) is 14.7. The lowest BCUT2D eigenvalue weighted by Gasteiger charge is -2.10. The zero-order valence-corrected chi connectivity index (χ0v) is 11.1. The second-order valence-corrected chi connectivity index (χ2v) is 4.04. The highest BCUT2D eigenvalue weighted by atomic mass is 35.5. The van der Waals surface area contributed by atoms with Crippen LogP contribution >= 0.6 is 12.4 Å². The summed E-state index contributed by atoms with van der Waals surface area (Å²) in [7, 11) is 1.58. The molecular formula is C12H18ClN3O2. The van der Waals surface area contributed by atoms with Gasteiger partial charge >= 0.3 is 0 Å². The molecule has 1 fully saturated rings. The van der Waals surface area contributed by atoms with Gasteiger partial charge in [-0.15, -0.1) is 12.4 Å². The van der Waals surface area contributed by atoms with Gasteiger partial charge in [0, 0.05) is 6.07 Å². The van der Waals surface area contributed by atoms with E-state index in [2.05, 4.69) is 15.6 Å². The molecule has 18 heavy (non-hydrogen) atoms. The van der Waals surface area contributed by atoms with E-state index >= 15 is 0 Å². The Kier molecular flexibility index (Phi) is 5.88. The van der Waals surface area contributed by atoms with Crippen LogP contribution in [0.25, 0.3) is 0 Å². The predicted octanol–water partition coefficient (Wildman–Crippen LogP) is 0.880. The summed E-state index contributed by atoms with van der Waals surface area (Å²) in [5, 5.41) is 6.03. The Morgan fingerprint density at radius 3 is 3.11 bits per heavy atom. The molecule has 1 aliphatic rings. The van der Waals surface area contributed by atoms with Crippen LogP contribution in [0.2, 0.25) is 0 Å². The van der Waals surface area contributed by atoms with Crippen molar-refractivity contribution < 1.29 is 9.53 Å². The number of hydrogen-bond donors (Lipinski definition) is 2. The van der Waals surface area contributed by atoms with Crippen molar-refractivity contribution in [1.29, 1.82) is 0 Å². The summed E-state index contributed by atoms with van der Waals surface area (Å²) >= 11 is 0. The topological polar surface area (TPSA) is 63.2 Å². The highest BCUT2D eigenvalue weighted by Gasteiger charge is 2.21. The van der Waals surface area contributed by atoms with Gasteiger partial charge in [-0.3, -0.25) is 4.79 Å². The maximum absolute atomic E-state index is 11.7. The van der Waals surface area contributed by atoms with E-state index in [4.69, 9.17) is 4.74 Å². The van der Waals surface area contributed by atoms with Gasteiger partial charge in [0.25, 0.3) is 0 Å². The van der Waals surface area contributed by atoms with Crippen molar-refractivity contribution in [1.82, 2.24) is 15.6 Å². The average Bonchev–Trinajstić information content (AvgIpc) is 2.90. The Labute approximate surface area is 113 Å². The summed E-state index contributed by atoms with van der Waals surface area (Å²) in [6, 6.07) is 5.47. The van der Waals surface area contributed by atoms with E-state index in [0.29, 0.717) is 12.4 Å². The quantitative estimate of drug-likeness (QED) is 0.853. The zero-order chi connectivity index (χ0) is 12.1. The van der Waals surface area contributed by atoms with E-state index in [0.717, 1.165) is 25.1 Å². The number of nitrogens with one attached hydrogen (secondary N) is 2. The van der Waals surface area contributed by atoms with Crippen LogP contribution in [0.4, 0.5) is 0 Å². The largest absolute Gasteiger partial charge is 0.481 e. The molecule has 2 heterocycles. The van der Waals surface area contributed by atoms with Gasteiger partial charge in [-0.05, 0) is 25.5 Å². The number of ether oxygens (including phenoxy) is 1. The summed E-state index contributed by atoms with van der Waals surface area (Å²) in [6.07, 6.45) is 1.98. The van der Waals surface area contributed by atoms with Crippen molar-refractivity contribution in [3.63, 3.8) is 0 Å². The van der Waals surface area contributed by atoms with Crippen molar-refractivity contribution in [2.24, 2.45) is 0 Å². The molecule has 0 saturated carbocycles. The highest BCUT2D eigenvalue weighted by Crippen LogP contribution is 2.07. The Morgan fingerprint density at radius 2 is 2.44 bits per heavy atom. The molecule has 5 nitrogen and oxygen atoms in total. The van der Waals surface area contributed by atoms with Crippen molar-refractivity contribution in [3.05, 3.63) is 23.9 Å². The van der Waals surface area contributed by atoms with E-state index in [1.807, 2.05) is 12.1 Å². The Bertz CT molecular complexity index is 395. The molecule has 0 spiro atoms. The van der Waals surface area contributed by atoms with E-state index in [1.165, 1.54) is 0 Å². The lowest BCUT2D eigenvalue weighted by atomic mass is 10.2. The summed E-state index contributed by atoms with van der Waals surface area (Å²) in [5.74, 6) is 0.614. The van der Waals surface area contributed by atoms with Crippen molar-refractivity contribution >= 4 is 18.3 Å². The molecule has 0 bridgehead atoms. The molecule has 100 valence electrons. The summed E-state index contributed by atoms with van der Waals surface area (Å²) in [6.45, 7) is 1.36. The standard InChI is InChI=1S/C12H17N3O2.ClH/c1-17-11-6-2-4-9(15-11)8-14-12(16)10-5-3-7-13-10;/h2,4,6,10,13H,3,5,7-8H2,1H3,(H,14,16);1H. The van der Waals surface area contributed by atoms with Crippen LogP contribution in [0.3, 0.4) is 0 Å². The number of methoxy groups -OCH3 is 1. The van der Waals surface area contributed by atoms with Gasteiger partial charge in [0.05, 0.1) is 25.4 Å². The minimum atomic E-state index is -0.0411. The molecule has 0 aliphatic carbocycles. The van der Waals surface area contributed by atoms with Crippen molar-refractivity contribution in [2.45, 2.75) is 25.4 Å². The first-order chi connectivity index (χ1) is 8.29.